The number of furan rings is 1. The predicted octanol–water partition coefficient (Wildman–Crippen LogP) is 6.27. The number of carbonyl (C=O) groups excluding carboxylic acids is 1. The molecule has 188 valence electrons. The zero-order valence-corrected chi connectivity index (χ0v) is 23.1. The van der Waals surface area contributed by atoms with Gasteiger partial charge in [0.2, 0.25) is 5.91 Å². The summed E-state index contributed by atoms with van der Waals surface area (Å²) in [7, 11) is 0.138. The monoisotopic (exact) mass is 492 g/mol. The van der Waals surface area contributed by atoms with Gasteiger partial charge in [-0.3, -0.25) is 9.69 Å². The molecule has 1 saturated heterocycles. The van der Waals surface area contributed by atoms with Crippen LogP contribution in [-0.2, 0) is 15.6 Å². The summed E-state index contributed by atoms with van der Waals surface area (Å²) in [6.07, 6.45) is 3.36. The van der Waals surface area contributed by atoms with Crippen molar-refractivity contribution in [2.45, 2.75) is 63.9 Å². The lowest BCUT2D eigenvalue weighted by Crippen LogP contribution is -2.45. The van der Waals surface area contributed by atoms with Gasteiger partial charge in [0.1, 0.15) is 5.58 Å². The fourth-order valence-corrected chi connectivity index (χ4v) is 6.08. The van der Waals surface area contributed by atoms with E-state index in [9.17, 15) is 4.79 Å². The SMILES string of the molecule is CN(C(=O)Cc1cccc2occc12)[C@H](CN1CC[C@H](O[Si](C)(C)C(C)(C)C)C1)c1ccccc1. The first-order chi connectivity index (χ1) is 16.5. The Morgan fingerprint density at radius 3 is 2.60 bits per heavy atom. The van der Waals surface area contributed by atoms with E-state index in [1.807, 2.05) is 42.3 Å². The van der Waals surface area contributed by atoms with Crippen LogP contribution in [0.15, 0.2) is 65.3 Å². The number of nitrogens with zero attached hydrogens (tertiary/aromatic N) is 2. The molecule has 2 aromatic carbocycles. The molecule has 1 amide bonds. The largest absolute Gasteiger partial charge is 0.464 e. The minimum absolute atomic E-state index is 0.0149. The van der Waals surface area contributed by atoms with Gasteiger partial charge in [0.25, 0.3) is 0 Å². The zero-order valence-electron chi connectivity index (χ0n) is 22.1. The molecule has 4 rings (SSSR count). The van der Waals surface area contributed by atoms with Crippen molar-refractivity contribution in [3.63, 3.8) is 0 Å². The standard InChI is InChI=1S/C29H40N2O3Si/c1-29(2,3)35(5,6)34-24-15-17-31(20-24)21-26(22-11-8-7-9-12-22)30(4)28(32)19-23-13-10-14-27-25(23)16-18-33-27/h7-14,16,18,24,26H,15,17,19-21H2,1-6H3/t24-,26+/m0/s1. The Morgan fingerprint density at radius 2 is 1.89 bits per heavy atom. The molecular weight excluding hydrogens is 452 g/mol. The van der Waals surface area contributed by atoms with Gasteiger partial charge in [-0.05, 0) is 47.8 Å². The third-order valence-corrected chi connectivity index (χ3v) is 12.4. The fourth-order valence-electron chi connectivity index (χ4n) is 4.70. The highest BCUT2D eigenvalue weighted by molar-refractivity contribution is 6.74. The Kier molecular flexibility index (Phi) is 7.55. The Morgan fingerprint density at radius 1 is 1.14 bits per heavy atom. The molecule has 0 spiro atoms. The third kappa shape index (κ3) is 5.88. The van der Waals surface area contributed by atoms with Gasteiger partial charge in [-0.15, -0.1) is 0 Å². The lowest BCUT2D eigenvalue weighted by molar-refractivity contribution is -0.131. The summed E-state index contributed by atoms with van der Waals surface area (Å²) in [5.74, 6) is 0.112. The lowest BCUT2D eigenvalue weighted by atomic mass is 10.0. The van der Waals surface area contributed by atoms with E-state index in [1.54, 1.807) is 6.26 Å². The molecule has 1 fully saturated rings. The van der Waals surface area contributed by atoms with E-state index >= 15 is 0 Å². The smallest absolute Gasteiger partial charge is 0.227 e. The van der Waals surface area contributed by atoms with Crippen molar-refractivity contribution in [2.24, 2.45) is 0 Å². The first-order valence-corrected chi connectivity index (χ1v) is 15.6. The first-order valence-electron chi connectivity index (χ1n) is 12.7. The van der Waals surface area contributed by atoms with E-state index in [-0.39, 0.29) is 23.1 Å². The summed E-state index contributed by atoms with van der Waals surface area (Å²) < 4.78 is 12.2. The Balaban J connectivity index is 1.47. The predicted molar refractivity (Wildman–Crippen MR) is 145 cm³/mol. The van der Waals surface area contributed by atoms with Gasteiger partial charge in [-0.1, -0.05) is 63.2 Å². The van der Waals surface area contributed by atoms with Crippen molar-refractivity contribution in [1.29, 1.82) is 0 Å². The molecule has 0 unspecified atom stereocenters. The zero-order chi connectivity index (χ0) is 25.2. The number of likely N-dealkylation sites (N-methyl/N-ethyl adjacent to an activating group) is 1. The minimum Gasteiger partial charge on any atom is -0.464 e. The fraction of sp³-hybridized carbons (Fsp3) is 0.483. The van der Waals surface area contributed by atoms with Crippen LogP contribution < -0.4 is 0 Å². The van der Waals surface area contributed by atoms with Gasteiger partial charge in [-0.2, -0.15) is 0 Å². The number of likely N-dealkylation sites (tertiary alicyclic amines) is 1. The maximum atomic E-state index is 13.5. The molecule has 3 aromatic rings. The summed E-state index contributed by atoms with van der Waals surface area (Å²) in [5.41, 5.74) is 2.99. The molecule has 0 N–H and O–H groups in total. The highest BCUT2D eigenvalue weighted by Crippen LogP contribution is 2.38. The van der Waals surface area contributed by atoms with Crippen LogP contribution in [0.25, 0.3) is 11.0 Å². The average Bonchev–Trinajstić information content (AvgIpc) is 3.46. The van der Waals surface area contributed by atoms with Crippen LogP contribution in [0.4, 0.5) is 0 Å². The summed E-state index contributed by atoms with van der Waals surface area (Å²) in [6, 6.07) is 18.2. The van der Waals surface area contributed by atoms with Gasteiger partial charge in [0.05, 0.1) is 24.8 Å². The normalized spacial score (nSPS) is 18.2. The van der Waals surface area contributed by atoms with E-state index in [1.165, 1.54) is 5.56 Å². The molecule has 0 bridgehead atoms. The van der Waals surface area contributed by atoms with Crippen LogP contribution in [0.5, 0.6) is 0 Å². The number of carbonyl (C=O) groups is 1. The summed E-state index contributed by atoms with van der Waals surface area (Å²) >= 11 is 0. The molecular formula is C29H40N2O3Si. The van der Waals surface area contributed by atoms with Crippen molar-refractivity contribution in [3.8, 4) is 0 Å². The molecule has 2 atom stereocenters. The summed E-state index contributed by atoms with van der Waals surface area (Å²) in [4.78, 5) is 17.9. The Bertz CT molecular complexity index is 1140. The van der Waals surface area contributed by atoms with Gasteiger partial charge in [0, 0.05) is 32.1 Å². The van der Waals surface area contributed by atoms with E-state index in [0.29, 0.717) is 6.42 Å². The maximum Gasteiger partial charge on any atom is 0.227 e. The highest BCUT2D eigenvalue weighted by Gasteiger charge is 2.41. The van der Waals surface area contributed by atoms with Crippen molar-refractivity contribution >= 4 is 25.2 Å². The molecule has 0 saturated carbocycles. The number of benzene rings is 2. The Hall–Kier alpha value is -2.41. The molecule has 1 aromatic heterocycles. The van der Waals surface area contributed by atoms with Crippen molar-refractivity contribution in [2.75, 3.05) is 26.7 Å². The highest BCUT2D eigenvalue weighted by atomic mass is 28.4. The number of hydrogen-bond acceptors (Lipinski definition) is 4. The van der Waals surface area contributed by atoms with Gasteiger partial charge < -0.3 is 13.7 Å². The molecule has 2 heterocycles. The quantitative estimate of drug-likeness (QED) is 0.348. The van der Waals surface area contributed by atoms with Crippen molar-refractivity contribution in [1.82, 2.24) is 9.80 Å². The van der Waals surface area contributed by atoms with Crippen molar-refractivity contribution in [3.05, 3.63) is 72.0 Å². The van der Waals surface area contributed by atoms with Crippen LogP contribution in [0.3, 0.4) is 0 Å². The van der Waals surface area contributed by atoms with E-state index in [0.717, 1.165) is 42.6 Å². The van der Waals surface area contributed by atoms with Crippen molar-refractivity contribution < 1.29 is 13.6 Å². The van der Waals surface area contributed by atoms with E-state index in [2.05, 4.69) is 63.0 Å². The number of hydrogen-bond donors (Lipinski definition) is 0. The molecule has 6 heteroatoms. The molecule has 5 nitrogen and oxygen atoms in total. The minimum atomic E-state index is -1.80. The molecule has 1 aliphatic heterocycles. The molecule has 1 aliphatic rings. The first kappa shape index (κ1) is 25.7. The number of amides is 1. The third-order valence-electron chi connectivity index (χ3n) is 7.90. The van der Waals surface area contributed by atoms with Gasteiger partial charge in [0.15, 0.2) is 8.32 Å². The average molecular weight is 493 g/mol. The van der Waals surface area contributed by atoms with Gasteiger partial charge >= 0.3 is 0 Å². The Labute approximate surface area is 211 Å². The molecule has 35 heavy (non-hydrogen) atoms. The van der Waals surface area contributed by atoms with Crippen LogP contribution in [0.1, 0.15) is 44.4 Å². The summed E-state index contributed by atoms with van der Waals surface area (Å²) in [5, 5.41) is 1.22. The number of rotatable bonds is 8. The topological polar surface area (TPSA) is 45.9 Å². The summed E-state index contributed by atoms with van der Waals surface area (Å²) in [6.45, 7) is 14.3. The van der Waals surface area contributed by atoms with Crippen LogP contribution in [-0.4, -0.2) is 56.8 Å². The van der Waals surface area contributed by atoms with Crippen LogP contribution in [0, 0.1) is 0 Å². The molecule has 0 aliphatic carbocycles. The van der Waals surface area contributed by atoms with E-state index in [4.69, 9.17) is 8.84 Å². The van der Waals surface area contributed by atoms with Crippen LogP contribution in [0.2, 0.25) is 18.1 Å². The number of fused-ring (bicyclic) bond motifs is 1. The molecule has 0 radical (unpaired) electrons. The second kappa shape index (κ2) is 10.3. The maximum absolute atomic E-state index is 13.5. The van der Waals surface area contributed by atoms with Crippen LogP contribution >= 0.6 is 0 Å². The van der Waals surface area contributed by atoms with Gasteiger partial charge in [-0.25, -0.2) is 0 Å². The lowest BCUT2D eigenvalue weighted by Gasteiger charge is -2.38. The second-order valence-corrected chi connectivity index (χ2v) is 16.2. The second-order valence-electron chi connectivity index (χ2n) is 11.4. The van der Waals surface area contributed by atoms with E-state index < -0.39 is 8.32 Å².